The van der Waals surface area contributed by atoms with Gasteiger partial charge in [-0.2, -0.15) is 10.2 Å². The van der Waals surface area contributed by atoms with E-state index < -0.39 is 0 Å². The summed E-state index contributed by atoms with van der Waals surface area (Å²) in [5, 5.41) is 15.0. The SMILES string of the molecule is CC(Cc1ccccc1)NC(=O)c1ccccc1.O=CNc1cccc2cnncc12. The maximum Gasteiger partial charge on any atom is 0.251 e. The van der Waals surface area contributed by atoms with Gasteiger partial charge in [0.2, 0.25) is 6.41 Å². The van der Waals surface area contributed by atoms with Crippen LogP contribution in [0.3, 0.4) is 0 Å². The Balaban J connectivity index is 0.000000185. The van der Waals surface area contributed by atoms with Crippen molar-refractivity contribution in [2.45, 2.75) is 19.4 Å². The van der Waals surface area contributed by atoms with Crippen LogP contribution in [-0.4, -0.2) is 28.6 Å². The van der Waals surface area contributed by atoms with E-state index in [2.05, 4.69) is 33.0 Å². The molecule has 0 aliphatic heterocycles. The van der Waals surface area contributed by atoms with Crippen molar-refractivity contribution in [1.29, 1.82) is 0 Å². The zero-order valence-electron chi connectivity index (χ0n) is 17.2. The number of benzene rings is 3. The van der Waals surface area contributed by atoms with Crippen molar-refractivity contribution in [3.05, 3.63) is 102 Å². The van der Waals surface area contributed by atoms with Gasteiger partial charge in [0.05, 0.1) is 18.1 Å². The molecular weight excluding hydrogens is 388 g/mol. The largest absolute Gasteiger partial charge is 0.349 e. The van der Waals surface area contributed by atoms with Gasteiger partial charge in [0.25, 0.3) is 5.91 Å². The van der Waals surface area contributed by atoms with E-state index in [0.29, 0.717) is 12.0 Å². The van der Waals surface area contributed by atoms with E-state index in [-0.39, 0.29) is 11.9 Å². The highest BCUT2D eigenvalue weighted by molar-refractivity contribution is 5.96. The number of hydrogen-bond donors (Lipinski definition) is 2. The van der Waals surface area contributed by atoms with Crippen molar-refractivity contribution < 1.29 is 9.59 Å². The number of anilines is 1. The van der Waals surface area contributed by atoms with Gasteiger partial charge in [-0.15, -0.1) is 0 Å². The number of amides is 2. The summed E-state index contributed by atoms with van der Waals surface area (Å²) in [6.45, 7) is 2.02. The van der Waals surface area contributed by atoms with Gasteiger partial charge >= 0.3 is 0 Å². The fourth-order valence-electron chi connectivity index (χ4n) is 3.13. The molecule has 0 saturated heterocycles. The molecule has 1 aromatic heterocycles. The summed E-state index contributed by atoms with van der Waals surface area (Å²) in [6.07, 6.45) is 4.78. The summed E-state index contributed by atoms with van der Waals surface area (Å²) in [5.41, 5.74) is 2.69. The predicted molar refractivity (Wildman–Crippen MR) is 123 cm³/mol. The Morgan fingerprint density at radius 1 is 0.903 bits per heavy atom. The Hall–Kier alpha value is -4.06. The highest BCUT2D eigenvalue weighted by Gasteiger charge is 2.09. The topological polar surface area (TPSA) is 84.0 Å². The number of rotatable bonds is 6. The number of fused-ring (bicyclic) bond motifs is 1. The first kappa shape index (κ1) is 21.6. The molecule has 3 aromatic carbocycles. The van der Waals surface area contributed by atoms with Crippen molar-refractivity contribution in [3.8, 4) is 0 Å². The Morgan fingerprint density at radius 3 is 2.29 bits per heavy atom. The van der Waals surface area contributed by atoms with Crippen LogP contribution in [0.4, 0.5) is 5.69 Å². The van der Waals surface area contributed by atoms with E-state index in [1.54, 1.807) is 12.4 Å². The molecule has 4 aromatic rings. The van der Waals surface area contributed by atoms with Crippen LogP contribution in [-0.2, 0) is 11.2 Å². The van der Waals surface area contributed by atoms with Crippen LogP contribution < -0.4 is 10.6 Å². The zero-order chi connectivity index (χ0) is 21.9. The highest BCUT2D eigenvalue weighted by Crippen LogP contribution is 2.20. The molecule has 31 heavy (non-hydrogen) atoms. The first-order chi connectivity index (χ1) is 15.2. The summed E-state index contributed by atoms with van der Waals surface area (Å²) >= 11 is 0. The summed E-state index contributed by atoms with van der Waals surface area (Å²) in [4.78, 5) is 22.2. The minimum Gasteiger partial charge on any atom is -0.349 e. The van der Waals surface area contributed by atoms with E-state index >= 15 is 0 Å². The molecule has 0 fully saturated rings. The third-order valence-electron chi connectivity index (χ3n) is 4.60. The number of carbonyl (C=O) groups is 2. The van der Waals surface area contributed by atoms with Gasteiger partial charge in [0, 0.05) is 22.4 Å². The Labute approximate surface area is 181 Å². The Bertz CT molecular complexity index is 1110. The quantitative estimate of drug-likeness (QED) is 0.464. The van der Waals surface area contributed by atoms with Crippen molar-refractivity contribution in [3.63, 3.8) is 0 Å². The van der Waals surface area contributed by atoms with Crippen LogP contribution in [0.25, 0.3) is 10.8 Å². The third kappa shape index (κ3) is 6.47. The van der Waals surface area contributed by atoms with E-state index in [1.807, 2.05) is 73.7 Å². The second kappa shape index (κ2) is 11.2. The summed E-state index contributed by atoms with van der Waals surface area (Å²) in [7, 11) is 0. The highest BCUT2D eigenvalue weighted by atomic mass is 16.1. The van der Waals surface area contributed by atoms with Gasteiger partial charge in [-0.3, -0.25) is 9.59 Å². The van der Waals surface area contributed by atoms with E-state index in [9.17, 15) is 9.59 Å². The second-order valence-electron chi connectivity index (χ2n) is 6.99. The maximum absolute atomic E-state index is 11.9. The number of nitrogens with zero attached hydrogens (tertiary/aromatic N) is 2. The fourth-order valence-corrected chi connectivity index (χ4v) is 3.13. The minimum atomic E-state index is -0.0148. The number of carbonyl (C=O) groups excluding carboxylic acids is 2. The zero-order valence-corrected chi connectivity index (χ0v) is 17.2. The van der Waals surface area contributed by atoms with Crippen LogP contribution in [0.1, 0.15) is 22.8 Å². The predicted octanol–water partition coefficient (Wildman–Crippen LogP) is 4.25. The second-order valence-corrected chi connectivity index (χ2v) is 6.99. The van der Waals surface area contributed by atoms with Crippen LogP contribution >= 0.6 is 0 Å². The van der Waals surface area contributed by atoms with Crippen LogP contribution in [0.15, 0.2) is 91.3 Å². The molecular formula is C25H24N4O2. The molecule has 4 rings (SSSR count). The van der Waals surface area contributed by atoms with Gasteiger partial charge in [-0.1, -0.05) is 60.7 Å². The normalized spacial score (nSPS) is 11.0. The molecule has 0 spiro atoms. The molecule has 1 atom stereocenters. The maximum atomic E-state index is 11.9. The van der Waals surface area contributed by atoms with Crippen LogP contribution in [0.5, 0.6) is 0 Å². The lowest BCUT2D eigenvalue weighted by molar-refractivity contribution is -0.105. The van der Waals surface area contributed by atoms with Gasteiger partial charge in [0.15, 0.2) is 0 Å². The first-order valence-corrected chi connectivity index (χ1v) is 9.97. The lowest BCUT2D eigenvalue weighted by Crippen LogP contribution is -2.34. The van der Waals surface area contributed by atoms with Crippen molar-refractivity contribution >= 4 is 28.8 Å². The number of hydrogen-bond acceptors (Lipinski definition) is 4. The molecule has 2 N–H and O–H groups in total. The molecule has 156 valence electrons. The van der Waals surface area contributed by atoms with Crippen molar-refractivity contribution in [2.24, 2.45) is 0 Å². The molecule has 0 aliphatic rings. The van der Waals surface area contributed by atoms with E-state index in [1.165, 1.54) is 5.56 Å². The van der Waals surface area contributed by atoms with Gasteiger partial charge in [-0.25, -0.2) is 0 Å². The molecule has 2 amide bonds. The van der Waals surface area contributed by atoms with Gasteiger partial charge < -0.3 is 10.6 Å². The molecule has 0 bridgehead atoms. The molecule has 0 saturated carbocycles. The first-order valence-electron chi connectivity index (χ1n) is 9.97. The Kier molecular flexibility index (Phi) is 7.83. The molecule has 0 aliphatic carbocycles. The molecule has 0 radical (unpaired) electrons. The van der Waals surface area contributed by atoms with Crippen LogP contribution in [0, 0.1) is 0 Å². The average molecular weight is 412 g/mol. The van der Waals surface area contributed by atoms with Crippen LogP contribution in [0.2, 0.25) is 0 Å². The molecule has 1 heterocycles. The van der Waals surface area contributed by atoms with Gasteiger partial charge in [-0.05, 0) is 37.1 Å². The van der Waals surface area contributed by atoms with E-state index in [4.69, 9.17) is 0 Å². The lowest BCUT2D eigenvalue weighted by Gasteiger charge is -2.14. The summed E-state index contributed by atoms with van der Waals surface area (Å²) in [5.74, 6) is -0.0148. The smallest absolute Gasteiger partial charge is 0.251 e. The average Bonchev–Trinajstić information content (AvgIpc) is 2.81. The monoisotopic (exact) mass is 412 g/mol. The standard InChI is InChI=1S/C16H17NO.C9H7N3O/c1-13(12-14-8-4-2-5-9-14)17-16(18)15-10-6-3-7-11-15;13-6-10-9-3-1-2-7-4-11-12-5-8(7)9/h2-11,13H,12H2,1H3,(H,17,18);1-6H,(H,10,13). The molecule has 6 nitrogen and oxygen atoms in total. The fraction of sp³-hybridized carbons (Fsp3) is 0.120. The van der Waals surface area contributed by atoms with Gasteiger partial charge in [0.1, 0.15) is 0 Å². The summed E-state index contributed by atoms with van der Waals surface area (Å²) in [6, 6.07) is 25.2. The van der Waals surface area contributed by atoms with Crippen molar-refractivity contribution in [1.82, 2.24) is 15.5 Å². The minimum absolute atomic E-state index is 0.0148. The van der Waals surface area contributed by atoms with Crippen molar-refractivity contribution in [2.75, 3.05) is 5.32 Å². The number of nitrogens with one attached hydrogen (secondary N) is 2. The number of aromatic nitrogens is 2. The Morgan fingerprint density at radius 2 is 1.58 bits per heavy atom. The summed E-state index contributed by atoms with van der Waals surface area (Å²) < 4.78 is 0. The molecule has 6 heteroatoms. The lowest BCUT2D eigenvalue weighted by atomic mass is 10.1. The molecule has 1 unspecified atom stereocenters. The third-order valence-corrected chi connectivity index (χ3v) is 4.60. The van der Waals surface area contributed by atoms with E-state index in [0.717, 1.165) is 22.9 Å².